The summed E-state index contributed by atoms with van der Waals surface area (Å²) in [5.41, 5.74) is -0.231. The predicted octanol–water partition coefficient (Wildman–Crippen LogP) is 1.69. The number of hydrogen-bond donors (Lipinski definition) is 2. The minimum Gasteiger partial charge on any atom is -0.507 e. The zero-order valence-corrected chi connectivity index (χ0v) is 7.60. The molecular formula is C8H8ClFO3. The molecule has 1 rings (SSSR count). The lowest BCUT2D eigenvalue weighted by Gasteiger charge is -2.08. The summed E-state index contributed by atoms with van der Waals surface area (Å²) in [4.78, 5) is 0. The maximum Gasteiger partial charge on any atom is 0.154 e. The SMILES string of the molecule is COc1cc(O)c(CO)c(F)c1Cl. The molecular weight excluding hydrogens is 199 g/mol. The Labute approximate surface area is 79.3 Å². The smallest absolute Gasteiger partial charge is 0.154 e. The van der Waals surface area contributed by atoms with E-state index in [0.717, 1.165) is 6.07 Å². The number of aromatic hydroxyl groups is 1. The maximum atomic E-state index is 13.2. The quantitative estimate of drug-likeness (QED) is 0.774. The van der Waals surface area contributed by atoms with E-state index in [1.807, 2.05) is 0 Å². The normalized spacial score (nSPS) is 10.2. The standard InChI is InChI=1S/C8H8ClFO3/c1-13-6-2-5(12)4(3-11)8(10)7(6)9/h2,11-12H,3H2,1H3. The largest absolute Gasteiger partial charge is 0.507 e. The van der Waals surface area contributed by atoms with Gasteiger partial charge in [-0.15, -0.1) is 0 Å². The van der Waals surface area contributed by atoms with Crippen molar-refractivity contribution in [1.82, 2.24) is 0 Å². The van der Waals surface area contributed by atoms with Crippen LogP contribution < -0.4 is 4.74 Å². The monoisotopic (exact) mass is 206 g/mol. The Balaban J connectivity index is 3.37. The first-order chi connectivity index (χ1) is 6.11. The van der Waals surface area contributed by atoms with Crippen molar-refractivity contribution in [1.29, 1.82) is 0 Å². The molecule has 0 aliphatic carbocycles. The molecule has 1 aromatic rings. The van der Waals surface area contributed by atoms with Crippen LogP contribution in [0, 0.1) is 5.82 Å². The molecule has 0 radical (unpaired) electrons. The van der Waals surface area contributed by atoms with Crippen LogP contribution in [-0.2, 0) is 6.61 Å². The summed E-state index contributed by atoms with van der Waals surface area (Å²) in [6.45, 7) is -0.610. The third-order valence-corrected chi connectivity index (χ3v) is 1.98. The molecule has 3 nitrogen and oxygen atoms in total. The van der Waals surface area contributed by atoms with Crippen molar-refractivity contribution in [2.24, 2.45) is 0 Å². The van der Waals surface area contributed by atoms with Gasteiger partial charge in [0.25, 0.3) is 0 Å². The Morgan fingerprint density at radius 2 is 2.23 bits per heavy atom. The Bertz CT molecular complexity index is 328. The van der Waals surface area contributed by atoms with Gasteiger partial charge in [0, 0.05) is 6.07 Å². The minimum absolute atomic E-state index is 0.0360. The first kappa shape index (κ1) is 10.1. The van der Waals surface area contributed by atoms with Gasteiger partial charge in [-0.25, -0.2) is 4.39 Å². The van der Waals surface area contributed by atoms with E-state index in [2.05, 4.69) is 0 Å². The van der Waals surface area contributed by atoms with Crippen molar-refractivity contribution in [3.8, 4) is 11.5 Å². The Morgan fingerprint density at radius 1 is 1.62 bits per heavy atom. The van der Waals surface area contributed by atoms with E-state index < -0.39 is 12.4 Å². The number of rotatable bonds is 2. The summed E-state index contributed by atoms with van der Waals surface area (Å²) in [6.07, 6.45) is 0. The van der Waals surface area contributed by atoms with Crippen LogP contribution in [0.1, 0.15) is 5.56 Å². The average Bonchev–Trinajstić information content (AvgIpc) is 2.12. The molecule has 0 saturated heterocycles. The molecule has 13 heavy (non-hydrogen) atoms. The molecule has 0 spiro atoms. The van der Waals surface area contributed by atoms with Crippen LogP contribution in [0.25, 0.3) is 0 Å². The third-order valence-electron chi connectivity index (χ3n) is 1.63. The second-order valence-electron chi connectivity index (χ2n) is 2.36. The zero-order chi connectivity index (χ0) is 10.0. The van der Waals surface area contributed by atoms with Crippen molar-refractivity contribution in [2.75, 3.05) is 7.11 Å². The number of aliphatic hydroxyl groups excluding tert-OH is 1. The van der Waals surface area contributed by atoms with Gasteiger partial charge in [0.2, 0.25) is 0 Å². The number of methoxy groups -OCH3 is 1. The summed E-state index contributed by atoms with van der Waals surface area (Å²) in [5.74, 6) is -1.20. The van der Waals surface area contributed by atoms with E-state index in [-0.39, 0.29) is 22.1 Å². The fraction of sp³-hybridized carbons (Fsp3) is 0.250. The highest BCUT2D eigenvalue weighted by Gasteiger charge is 2.16. The lowest BCUT2D eigenvalue weighted by molar-refractivity contribution is 0.268. The predicted molar refractivity (Wildman–Crippen MR) is 45.5 cm³/mol. The number of phenols is 1. The summed E-state index contributed by atoms with van der Waals surface area (Å²) in [6, 6.07) is 1.15. The fourth-order valence-electron chi connectivity index (χ4n) is 0.927. The molecule has 0 atom stereocenters. The van der Waals surface area contributed by atoms with E-state index in [9.17, 15) is 9.50 Å². The summed E-state index contributed by atoms with van der Waals surface area (Å²) in [5, 5.41) is 17.6. The molecule has 0 amide bonds. The molecule has 0 fully saturated rings. The van der Waals surface area contributed by atoms with Crippen molar-refractivity contribution in [3.05, 3.63) is 22.5 Å². The van der Waals surface area contributed by atoms with Crippen LogP contribution in [0.3, 0.4) is 0 Å². The van der Waals surface area contributed by atoms with E-state index in [1.54, 1.807) is 0 Å². The molecule has 0 aromatic heterocycles. The molecule has 0 aliphatic rings. The van der Waals surface area contributed by atoms with Crippen LogP contribution in [0.15, 0.2) is 6.07 Å². The van der Waals surface area contributed by atoms with E-state index in [1.165, 1.54) is 7.11 Å². The highest BCUT2D eigenvalue weighted by atomic mass is 35.5. The molecule has 0 unspecified atom stereocenters. The van der Waals surface area contributed by atoms with Crippen molar-refractivity contribution in [2.45, 2.75) is 6.61 Å². The first-order valence-electron chi connectivity index (χ1n) is 3.46. The highest BCUT2D eigenvalue weighted by Crippen LogP contribution is 2.35. The average molecular weight is 207 g/mol. The molecule has 1 aromatic carbocycles. The maximum absolute atomic E-state index is 13.2. The van der Waals surface area contributed by atoms with E-state index in [0.29, 0.717) is 0 Å². The second kappa shape index (κ2) is 3.81. The number of ether oxygens (including phenoxy) is 1. The molecule has 0 heterocycles. The second-order valence-corrected chi connectivity index (χ2v) is 2.74. The van der Waals surface area contributed by atoms with Crippen LogP contribution in [-0.4, -0.2) is 17.3 Å². The molecule has 72 valence electrons. The van der Waals surface area contributed by atoms with E-state index in [4.69, 9.17) is 21.4 Å². The van der Waals surface area contributed by atoms with Gasteiger partial charge in [0.1, 0.15) is 16.5 Å². The van der Waals surface area contributed by atoms with Crippen molar-refractivity contribution in [3.63, 3.8) is 0 Å². The third kappa shape index (κ3) is 1.68. The van der Waals surface area contributed by atoms with Crippen LogP contribution in [0.2, 0.25) is 5.02 Å². The highest BCUT2D eigenvalue weighted by molar-refractivity contribution is 6.32. The molecule has 5 heteroatoms. The lowest BCUT2D eigenvalue weighted by Crippen LogP contribution is -1.95. The lowest BCUT2D eigenvalue weighted by atomic mass is 10.2. The van der Waals surface area contributed by atoms with Crippen LogP contribution >= 0.6 is 11.6 Å². The van der Waals surface area contributed by atoms with Gasteiger partial charge in [0.05, 0.1) is 19.3 Å². The van der Waals surface area contributed by atoms with E-state index >= 15 is 0 Å². The van der Waals surface area contributed by atoms with Gasteiger partial charge >= 0.3 is 0 Å². The van der Waals surface area contributed by atoms with Gasteiger partial charge < -0.3 is 14.9 Å². The van der Waals surface area contributed by atoms with Crippen LogP contribution in [0.5, 0.6) is 11.5 Å². The van der Waals surface area contributed by atoms with Gasteiger partial charge in [-0.1, -0.05) is 11.6 Å². The molecule has 2 N–H and O–H groups in total. The van der Waals surface area contributed by atoms with Gasteiger partial charge in [-0.05, 0) is 0 Å². The van der Waals surface area contributed by atoms with Crippen molar-refractivity contribution < 1.29 is 19.3 Å². The molecule has 0 saturated carbocycles. The summed E-state index contributed by atoms with van der Waals surface area (Å²) < 4.78 is 17.9. The Morgan fingerprint density at radius 3 is 2.69 bits per heavy atom. The summed E-state index contributed by atoms with van der Waals surface area (Å²) in [7, 11) is 1.30. The van der Waals surface area contributed by atoms with Crippen LogP contribution in [0.4, 0.5) is 4.39 Å². The minimum atomic E-state index is -0.860. The fourth-order valence-corrected chi connectivity index (χ4v) is 1.17. The summed E-state index contributed by atoms with van der Waals surface area (Å²) >= 11 is 5.53. The van der Waals surface area contributed by atoms with Gasteiger partial charge in [0.15, 0.2) is 5.82 Å². The first-order valence-corrected chi connectivity index (χ1v) is 3.84. The number of hydrogen-bond acceptors (Lipinski definition) is 3. The zero-order valence-electron chi connectivity index (χ0n) is 6.84. The molecule has 0 aliphatic heterocycles. The Hall–Kier alpha value is -1.00. The topological polar surface area (TPSA) is 49.7 Å². The molecule has 0 bridgehead atoms. The van der Waals surface area contributed by atoms with Gasteiger partial charge in [-0.2, -0.15) is 0 Å². The number of benzene rings is 1. The number of aliphatic hydroxyl groups is 1. The number of halogens is 2. The Kier molecular flexibility index (Phi) is 2.95. The van der Waals surface area contributed by atoms with Gasteiger partial charge in [-0.3, -0.25) is 0 Å². The van der Waals surface area contributed by atoms with Crippen molar-refractivity contribution >= 4 is 11.6 Å².